The van der Waals surface area contributed by atoms with Crippen LogP contribution in [-0.2, 0) is 13.1 Å². The number of amides is 2. The minimum Gasteiger partial charge on any atom is -0.334 e. The predicted molar refractivity (Wildman–Crippen MR) is 85.1 cm³/mol. The number of hydrogen-bond donors (Lipinski definition) is 2. The van der Waals surface area contributed by atoms with E-state index in [9.17, 15) is 9.18 Å². The Morgan fingerprint density at radius 2 is 2.08 bits per heavy atom. The van der Waals surface area contributed by atoms with Gasteiger partial charge < -0.3 is 5.32 Å². The molecule has 3 rings (SSSR count). The SMILES string of the molecule is CCn1cnc(NC(=O)NCc2cnn(-c3ccc(F)cc3)c2)n1. The van der Waals surface area contributed by atoms with Crippen LogP contribution >= 0.6 is 0 Å². The zero-order valence-electron chi connectivity index (χ0n) is 13.0. The maximum atomic E-state index is 12.9. The highest BCUT2D eigenvalue weighted by Crippen LogP contribution is 2.09. The third-order valence-electron chi connectivity index (χ3n) is 3.27. The smallest absolute Gasteiger partial charge is 0.321 e. The van der Waals surface area contributed by atoms with Crippen molar-refractivity contribution in [3.8, 4) is 5.69 Å². The van der Waals surface area contributed by atoms with Gasteiger partial charge in [-0.2, -0.15) is 5.10 Å². The normalized spacial score (nSPS) is 10.6. The van der Waals surface area contributed by atoms with Crippen LogP contribution in [0.2, 0.25) is 0 Å². The number of nitrogens with one attached hydrogen (secondary N) is 2. The standard InChI is InChI=1S/C15H16FN7O/c1-2-22-10-18-14(21-22)20-15(24)17-7-11-8-19-23(9-11)13-5-3-12(16)4-6-13/h3-6,8-10H,2,7H2,1H3,(H2,17,20,21,24). The average Bonchev–Trinajstić information content (AvgIpc) is 3.23. The predicted octanol–water partition coefficient (Wildman–Crippen LogP) is 1.94. The number of anilines is 1. The highest BCUT2D eigenvalue weighted by molar-refractivity contribution is 5.87. The van der Waals surface area contributed by atoms with E-state index in [0.29, 0.717) is 13.1 Å². The molecular formula is C15H16FN7O. The third-order valence-corrected chi connectivity index (χ3v) is 3.27. The highest BCUT2D eigenvalue weighted by Gasteiger charge is 2.07. The molecule has 8 nitrogen and oxygen atoms in total. The second-order valence-corrected chi connectivity index (χ2v) is 5.00. The van der Waals surface area contributed by atoms with Gasteiger partial charge in [-0.25, -0.2) is 18.9 Å². The number of rotatable bonds is 5. The van der Waals surface area contributed by atoms with Crippen LogP contribution in [-0.4, -0.2) is 30.6 Å². The molecule has 0 fully saturated rings. The second kappa shape index (κ2) is 6.90. The molecular weight excluding hydrogens is 313 g/mol. The van der Waals surface area contributed by atoms with Crippen LogP contribution in [0.3, 0.4) is 0 Å². The molecule has 0 saturated heterocycles. The minimum absolute atomic E-state index is 0.247. The van der Waals surface area contributed by atoms with E-state index in [2.05, 4.69) is 25.8 Å². The lowest BCUT2D eigenvalue weighted by Crippen LogP contribution is -2.28. The number of nitrogens with zero attached hydrogens (tertiary/aromatic N) is 5. The summed E-state index contributed by atoms with van der Waals surface area (Å²) in [6, 6.07) is 5.58. The Morgan fingerprint density at radius 1 is 1.29 bits per heavy atom. The van der Waals surface area contributed by atoms with Crippen molar-refractivity contribution < 1.29 is 9.18 Å². The van der Waals surface area contributed by atoms with Crippen molar-refractivity contribution >= 4 is 12.0 Å². The summed E-state index contributed by atoms with van der Waals surface area (Å²) in [6.45, 7) is 2.90. The Morgan fingerprint density at radius 3 is 2.79 bits per heavy atom. The van der Waals surface area contributed by atoms with Crippen molar-refractivity contribution in [1.82, 2.24) is 29.9 Å². The van der Waals surface area contributed by atoms with Gasteiger partial charge in [0.25, 0.3) is 0 Å². The first kappa shape index (κ1) is 15.7. The van der Waals surface area contributed by atoms with Gasteiger partial charge in [0.1, 0.15) is 12.1 Å². The van der Waals surface area contributed by atoms with E-state index in [1.54, 1.807) is 40.2 Å². The first-order valence-corrected chi connectivity index (χ1v) is 7.38. The van der Waals surface area contributed by atoms with Gasteiger partial charge in [-0.05, 0) is 31.2 Å². The van der Waals surface area contributed by atoms with Crippen LogP contribution in [0.1, 0.15) is 12.5 Å². The molecule has 124 valence electrons. The number of benzene rings is 1. The molecule has 3 aromatic rings. The van der Waals surface area contributed by atoms with Crippen LogP contribution in [0.5, 0.6) is 0 Å². The van der Waals surface area contributed by atoms with Gasteiger partial charge in [0.15, 0.2) is 0 Å². The monoisotopic (exact) mass is 329 g/mol. The maximum absolute atomic E-state index is 12.9. The van der Waals surface area contributed by atoms with Gasteiger partial charge >= 0.3 is 6.03 Å². The van der Waals surface area contributed by atoms with E-state index in [4.69, 9.17) is 0 Å². The van der Waals surface area contributed by atoms with Gasteiger partial charge in [0.2, 0.25) is 5.95 Å². The number of urea groups is 1. The summed E-state index contributed by atoms with van der Waals surface area (Å²) in [5.41, 5.74) is 1.54. The van der Waals surface area contributed by atoms with Gasteiger partial charge in [-0.3, -0.25) is 10.00 Å². The Bertz CT molecular complexity index is 824. The number of halogens is 1. The van der Waals surface area contributed by atoms with Crippen LogP contribution in [0.25, 0.3) is 5.69 Å². The molecule has 0 bridgehead atoms. The fraction of sp³-hybridized carbons (Fsp3) is 0.200. The molecule has 0 aliphatic carbocycles. The summed E-state index contributed by atoms with van der Waals surface area (Å²) < 4.78 is 16.1. The molecule has 2 amide bonds. The molecule has 1 aromatic carbocycles. The second-order valence-electron chi connectivity index (χ2n) is 5.00. The van der Waals surface area contributed by atoms with Crippen molar-refractivity contribution in [2.45, 2.75) is 20.0 Å². The van der Waals surface area contributed by atoms with E-state index < -0.39 is 6.03 Å². The lowest BCUT2D eigenvalue weighted by atomic mass is 10.3. The molecule has 0 radical (unpaired) electrons. The topological polar surface area (TPSA) is 89.7 Å². The Balaban J connectivity index is 1.55. The first-order valence-electron chi connectivity index (χ1n) is 7.38. The number of aryl methyl sites for hydroxylation is 1. The molecule has 2 N–H and O–H groups in total. The third kappa shape index (κ3) is 3.75. The Kier molecular flexibility index (Phi) is 4.50. The number of carbonyl (C=O) groups is 1. The van der Waals surface area contributed by atoms with E-state index in [0.717, 1.165) is 11.3 Å². The van der Waals surface area contributed by atoms with E-state index in [-0.39, 0.29) is 11.8 Å². The zero-order valence-corrected chi connectivity index (χ0v) is 13.0. The fourth-order valence-electron chi connectivity index (χ4n) is 2.02. The summed E-state index contributed by atoms with van der Waals surface area (Å²) in [7, 11) is 0. The maximum Gasteiger partial charge on any atom is 0.321 e. The molecule has 2 heterocycles. The summed E-state index contributed by atoms with van der Waals surface area (Å²) in [5, 5.41) is 13.5. The Labute approximate surface area is 137 Å². The largest absolute Gasteiger partial charge is 0.334 e. The highest BCUT2D eigenvalue weighted by atomic mass is 19.1. The van der Waals surface area contributed by atoms with Crippen LogP contribution < -0.4 is 10.6 Å². The molecule has 24 heavy (non-hydrogen) atoms. The molecule has 0 aliphatic rings. The molecule has 0 unspecified atom stereocenters. The van der Waals surface area contributed by atoms with Crippen molar-refractivity contribution in [2.75, 3.05) is 5.32 Å². The molecule has 0 saturated carbocycles. The fourth-order valence-corrected chi connectivity index (χ4v) is 2.02. The van der Waals surface area contributed by atoms with E-state index >= 15 is 0 Å². The summed E-state index contributed by atoms with van der Waals surface area (Å²) in [4.78, 5) is 15.8. The van der Waals surface area contributed by atoms with E-state index in [1.807, 2.05) is 6.92 Å². The Hall–Kier alpha value is -3.23. The summed E-state index contributed by atoms with van der Waals surface area (Å²) in [6.07, 6.45) is 4.94. The molecule has 0 aliphatic heterocycles. The summed E-state index contributed by atoms with van der Waals surface area (Å²) in [5.74, 6) is -0.0556. The first-order chi connectivity index (χ1) is 11.6. The van der Waals surface area contributed by atoms with Crippen molar-refractivity contribution in [3.05, 3.63) is 54.4 Å². The van der Waals surface area contributed by atoms with E-state index in [1.165, 1.54) is 12.1 Å². The molecule has 0 spiro atoms. The van der Waals surface area contributed by atoms with Crippen LogP contribution in [0.15, 0.2) is 43.0 Å². The van der Waals surface area contributed by atoms with Gasteiger partial charge in [0.05, 0.1) is 11.9 Å². The molecule has 0 atom stereocenters. The number of carbonyl (C=O) groups excluding carboxylic acids is 1. The van der Waals surface area contributed by atoms with Gasteiger partial charge in [-0.15, -0.1) is 5.10 Å². The summed E-state index contributed by atoms with van der Waals surface area (Å²) >= 11 is 0. The van der Waals surface area contributed by atoms with Gasteiger partial charge in [0, 0.05) is 24.8 Å². The average molecular weight is 329 g/mol. The van der Waals surface area contributed by atoms with Crippen molar-refractivity contribution in [2.24, 2.45) is 0 Å². The zero-order chi connectivity index (χ0) is 16.9. The molecule has 2 aromatic heterocycles. The van der Waals surface area contributed by atoms with Crippen molar-refractivity contribution in [3.63, 3.8) is 0 Å². The van der Waals surface area contributed by atoms with Gasteiger partial charge in [-0.1, -0.05) is 0 Å². The quantitative estimate of drug-likeness (QED) is 0.748. The lowest BCUT2D eigenvalue weighted by molar-refractivity contribution is 0.251. The molecule has 9 heteroatoms. The number of aromatic nitrogens is 5. The lowest BCUT2D eigenvalue weighted by Gasteiger charge is -2.03. The minimum atomic E-state index is -0.404. The van der Waals surface area contributed by atoms with Crippen LogP contribution in [0.4, 0.5) is 15.1 Å². The number of hydrogen-bond acceptors (Lipinski definition) is 4. The van der Waals surface area contributed by atoms with Crippen molar-refractivity contribution in [1.29, 1.82) is 0 Å². The van der Waals surface area contributed by atoms with Crippen LogP contribution in [0, 0.1) is 5.82 Å².